The summed E-state index contributed by atoms with van der Waals surface area (Å²) in [5.41, 5.74) is 0.331. The third kappa shape index (κ3) is 8.47. The fourth-order valence-electron chi connectivity index (χ4n) is 1.33. The molecule has 0 heterocycles. The van der Waals surface area contributed by atoms with E-state index in [4.69, 9.17) is 5.11 Å². The number of carbonyl (C=O) groups is 1. The van der Waals surface area contributed by atoms with E-state index in [0.29, 0.717) is 18.5 Å². The van der Waals surface area contributed by atoms with Crippen LogP contribution in [0.4, 0.5) is 0 Å². The number of hydrogen-bond donors (Lipinski definition) is 2. The molecule has 0 aromatic heterocycles. The largest absolute Gasteiger partial charge is 0.478 e. The van der Waals surface area contributed by atoms with E-state index >= 15 is 0 Å². The van der Waals surface area contributed by atoms with Crippen LogP contribution in [0.25, 0.3) is 0 Å². The van der Waals surface area contributed by atoms with Crippen molar-refractivity contribution in [2.45, 2.75) is 45.3 Å². The van der Waals surface area contributed by atoms with Crippen LogP contribution in [0.2, 0.25) is 0 Å². The molecule has 1 aromatic rings. The molecule has 0 saturated carbocycles. The summed E-state index contributed by atoms with van der Waals surface area (Å²) in [6, 6.07) is 8.30. The first-order chi connectivity index (χ1) is 9.85. The molecule has 1 unspecified atom stereocenters. The normalized spacial score (nSPS) is 12.1. The molecule has 2 N–H and O–H groups in total. The van der Waals surface area contributed by atoms with Crippen LogP contribution in [0.15, 0.2) is 30.3 Å². The van der Waals surface area contributed by atoms with Crippen LogP contribution in [0.1, 0.15) is 50.4 Å². The summed E-state index contributed by atoms with van der Waals surface area (Å²) in [5, 5.41) is 8.12. The lowest BCUT2D eigenvalue weighted by molar-refractivity contribution is 0.0697. The molecule has 0 aliphatic carbocycles. The fraction of sp³-hybridized carbons (Fsp3) is 0.533. The van der Waals surface area contributed by atoms with Crippen molar-refractivity contribution in [2.24, 2.45) is 0 Å². The average Bonchev–Trinajstić information content (AvgIpc) is 2.48. The van der Waals surface area contributed by atoms with Crippen molar-refractivity contribution in [3.63, 3.8) is 0 Å². The Hall–Kier alpha value is -1.40. The number of aromatic carboxylic acids is 1. The van der Waals surface area contributed by atoms with Gasteiger partial charge in [0, 0.05) is 6.54 Å². The van der Waals surface area contributed by atoms with Gasteiger partial charge in [-0.05, 0) is 31.9 Å². The molecular formula is C15H25NO4S. The first-order valence-corrected chi connectivity index (χ1v) is 8.66. The topological polar surface area (TPSA) is 83.5 Å². The molecule has 0 amide bonds. The zero-order valence-electron chi connectivity index (χ0n) is 12.9. The molecule has 0 aliphatic heterocycles. The lowest BCUT2D eigenvalue weighted by Gasteiger charge is -2.10. The first kappa shape index (κ1) is 19.6. The fourth-order valence-corrected chi connectivity index (χ4v) is 2.49. The third-order valence-electron chi connectivity index (χ3n) is 2.96. The van der Waals surface area contributed by atoms with E-state index in [9.17, 15) is 13.2 Å². The molecule has 1 aromatic carbocycles. The molecule has 0 fully saturated rings. The maximum atomic E-state index is 11.3. The number of carboxylic acid groups (broad SMARTS) is 1. The highest BCUT2D eigenvalue weighted by Crippen LogP contribution is 2.02. The summed E-state index contributed by atoms with van der Waals surface area (Å²) in [6.45, 7) is 6.22. The lowest BCUT2D eigenvalue weighted by atomic mass is 10.2. The van der Waals surface area contributed by atoms with Gasteiger partial charge in [0.2, 0.25) is 10.0 Å². The number of rotatable bonds is 7. The summed E-state index contributed by atoms with van der Waals surface area (Å²) in [4.78, 5) is 10.2. The molecule has 1 rings (SSSR count). The van der Waals surface area contributed by atoms with Gasteiger partial charge in [-0.2, -0.15) is 0 Å². The van der Waals surface area contributed by atoms with Gasteiger partial charge in [0.05, 0.1) is 10.8 Å². The Bertz CT molecular complexity index is 500. The summed E-state index contributed by atoms with van der Waals surface area (Å²) < 4.78 is 25.2. The number of unbranched alkanes of at least 4 members (excludes halogenated alkanes) is 1. The Kier molecular flexibility index (Phi) is 9.65. The van der Waals surface area contributed by atoms with Crippen molar-refractivity contribution in [3.05, 3.63) is 35.9 Å². The van der Waals surface area contributed by atoms with E-state index in [1.807, 2.05) is 13.8 Å². The van der Waals surface area contributed by atoms with Gasteiger partial charge in [-0.3, -0.25) is 0 Å². The van der Waals surface area contributed by atoms with Crippen LogP contribution in [0, 0.1) is 0 Å². The monoisotopic (exact) mass is 315 g/mol. The number of nitrogens with one attached hydrogen (secondary N) is 1. The molecule has 21 heavy (non-hydrogen) atoms. The molecule has 0 aliphatic rings. The Morgan fingerprint density at radius 2 is 1.81 bits per heavy atom. The maximum Gasteiger partial charge on any atom is 0.335 e. The Labute approximate surface area is 127 Å². The molecule has 0 bridgehead atoms. The van der Waals surface area contributed by atoms with Crippen molar-refractivity contribution >= 4 is 16.0 Å². The molecule has 6 heteroatoms. The number of sulfonamides is 1. The van der Waals surface area contributed by atoms with E-state index in [2.05, 4.69) is 4.72 Å². The van der Waals surface area contributed by atoms with E-state index in [0.717, 1.165) is 12.8 Å². The van der Waals surface area contributed by atoms with Gasteiger partial charge in [-0.15, -0.1) is 0 Å². The Balaban J connectivity index is 0.000000394. The quantitative estimate of drug-likeness (QED) is 0.758. The molecule has 0 spiro atoms. The zero-order valence-corrected chi connectivity index (χ0v) is 13.7. The smallest absolute Gasteiger partial charge is 0.335 e. The molecule has 1 atom stereocenters. The molecule has 120 valence electrons. The minimum absolute atomic E-state index is 0.269. The average molecular weight is 315 g/mol. The van der Waals surface area contributed by atoms with Crippen LogP contribution in [-0.2, 0) is 10.0 Å². The van der Waals surface area contributed by atoms with Crippen molar-refractivity contribution in [1.29, 1.82) is 0 Å². The Morgan fingerprint density at radius 3 is 2.19 bits per heavy atom. The van der Waals surface area contributed by atoms with Crippen LogP contribution in [-0.4, -0.2) is 31.3 Å². The van der Waals surface area contributed by atoms with Gasteiger partial charge < -0.3 is 5.11 Å². The number of benzene rings is 1. The molecule has 5 nitrogen and oxygen atoms in total. The van der Waals surface area contributed by atoms with Crippen molar-refractivity contribution in [3.8, 4) is 0 Å². The predicted octanol–water partition coefficient (Wildman–Crippen LogP) is 2.89. The minimum Gasteiger partial charge on any atom is -0.478 e. The van der Waals surface area contributed by atoms with Gasteiger partial charge in [-0.1, -0.05) is 38.5 Å². The lowest BCUT2D eigenvalue weighted by Crippen LogP contribution is -2.32. The van der Waals surface area contributed by atoms with Crippen LogP contribution < -0.4 is 4.72 Å². The predicted molar refractivity (Wildman–Crippen MR) is 85.0 cm³/mol. The van der Waals surface area contributed by atoms with Gasteiger partial charge in [0.1, 0.15) is 0 Å². The highest BCUT2D eigenvalue weighted by molar-refractivity contribution is 7.90. The van der Waals surface area contributed by atoms with Crippen LogP contribution in [0.5, 0.6) is 0 Å². The highest BCUT2D eigenvalue weighted by Gasteiger charge is 2.16. The van der Waals surface area contributed by atoms with Crippen molar-refractivity contribution in [2.75, 3.05) is 6.54 Å². The standard InChI is InChI=1S/C8H19NO2S.C7H6O2/c1-4-6-7-9-12(10,11)8(3)5-2;8-7(9)6-4-2-1-3-5-6/h8-9H,4-7H2,1-3H3;1-5H,(H,8,9). The SMILES string of the molecule is CCCCNS(=O)(=O)C(C)CC.O=C(O)c1ccccc1. The first-order valence-electron chi connectivity index (χ1n) is 7.11. The van der Waals surface area contributed by atoms with Gasteiger partial charge in [0.25, 0.3) is 0 Å². The minimum atomic E-state index is -3.03. The number of carboxylic acids is 1. The van der Waals surface area contributed by atoms with Crippen LogP contribution in [0.3, 0.4) is 0 Å². The number of hydrogen-bond acceptors (Lipinski definition) is 3. The maximum absolute atomic E-state index is 11.3. The summed E-state index contributed by atoms with van der Waals surface area (Å²) in [6.07, 6.45) is 2.60. The van der Waals surface area contributed by atoms with Crippen LogP contribution >= 0.6 is 0 Å². The second-order valence-electron chi connectivity index (χ2n) is 4.68. The van der Waals surface area contributed by atoms with E-state index in [1.165, 1.54) is 0 Å². The van der Waals surface area contributed by atoms with E-state index < -0.39 is 16.0 Å². The summed E-state index contributed by atoms with van der Waals surface area (Å²) >= 11 is 0. The van der Waals surface area contributed by atoms with Crippen molar-refractivity contribution in [1.82, 2.24) is 4.72 Å². The second kappa shape index (κ2) is 10.3. The third-order valence-corrected chi connectivity index (χ3v) is 4.96. The van der Waals surface area contributed by atoms with Gasteiger partial charge in [0.15, 0.2) is 0 Å². The van der Waals surface area contributed by atoms with E-state index in [-0.39, 0.29) is 5.25 Å². The summed E-state index contributed by atoms with van der Waals surface area (Å²) in [5.74, 6) is -0.879. The zero-order chi connectivity index (χ0) is 16.3. The van der Waals surface area contributed by atoms with Gasteiger partial charge in [-0.25, -0.2) is 17.9 Å². The van der Waals surface area contributed by atoms with Crippen molar-refractivity contribution < 1.29 is 18.3 Å². The van der Waals surface area contributed by atoms with E-state index in [1.54, 1.807) is 37.3 Å². The molecular weight excluding hydrogens is 290 g/mol. The molecule has 0 radical (unpaired) electrons. The molecule has 0 saturated heterocycles. The Morgan fingerprint density at radius 1 is 1.24 bits per heavy atom. The highest BCUT2D eigenvalue weighted by atomic mass is 32.2. The van der Waals surface area contributed by atoms with Gasteiger partial charge >= 0.3 is 5.97 Å². The summed E-state index contributed by atoms with van der Waals surface area (Å²) in [7, 11) is -3.03. The second-order valence-corrected chi connectivity index (χ2v) is 6.87.